The second kappa shape index (κ2) is 6.02. The molecule has 0 aliphatic rings. The normalized spacial score (nSPS) is 11.5. The Balaban J connectivity index is 2.22. The molecule has 20 heavy (non-hydrogen) atoms. The Kier molecular flexibility index (Phi) is 4.35. The van der Waals surface area contributed by atoms with Crippen LogP contribution in [0.4, 0.5) is 10.1 Å². The lowest BCUT2D eigenvalue weighted by Gasteiger charge is -2.08. The predicted molar refractivity (Wildman–Crippen MR) is 73.2 cm³/mol. The highest BCUT2D eigenvalue weighted by Gasteiger charge is 2.20. The first-order valence-electron chi connectivity index (χ1n) is 6.04. The van der Waals surface area contributed by atoms with Gasteiger partial charge in [-0.25, -0.2) is 4.39 Å². The number of aromatic nitrogens is 2. The van der Waals surface area contributed by atoms with Gasteiger partial charge in [-0.05, 0) is 30.8 Å². The zero-order chi connectivity index (χ0) is 14.6. The van der Waals surface area contributed by atoms with Crippen LogP contribution in [0.1, 0.15) is 12.5 Å². The lowest BCUT2D eigenvalue weighted by molar-refractivity contribution is 0.594. The molecule has 1 aromatic carbocycles. The van der Waals surface area contributed by atoms with E-state index in [1.54, 1.807) is 0 Å². The van der Waals surface area contributed by atoms with Crippen LogP contribution in [0.2, 0.25) is 0 Å². The molecule has 0 fully saturated rings. The Labute approximate surface area is 116 Å². The number of nitrogens with zero attached hydrogens (tertiary/aromatic N) is 1. The van der Waals surface area contributed by atoms with E-state index in [1.165, 1.54) is 30.5 Å². The highest BCUT2D eigenvalue weighted by atomic mass is 32.2. The predicted octanol–water partition coefficient (Wildman–Crippen LogP) is 1.46. The molecule has 8 heteroatoms. The number of hydrogen-bond donors (Lipinski definition) is 3. The molecule has 0 amide bonds. The average molecular weight is 298 g/mol. The fourth-order valence-electron chi connectivity index (χ4n) is 1.64. The minimum absolute atomic E-state index is 0.00257. The Bertz CT molecular complexity index is 667. The summed E-state index contributed by atoms with van der Waals surface area (Å²) in [6.45, 7) is 3.04. The molecule has 1 heterocycles. The molecule has 3 N–H and O–H groups in total. The van der Waals surface area contributed by atoms with Crippen molar-refractivity contribution in [2.24, 2.45) is 0 Å². The van der Waals surface area contributed by atoms with E-state index in [2.05, 4.69) is 20.2 Å². The summed E-state index contributed by atoms with van der Waals surface area (Å²) in [5.41, 5.74) is 0.830. The largest absolute Gasteiger partial charge is 0.313 e. The van der Waals surface area contributed by atoms with E-state index >= 15 is 0 Å². The van der Waals surface area contributed by atoms with Crippen LogP contribution in [-0.2, 0) is 16.6 Å². The van der Waals surface area contributed by atoms with Crippen molar-refractivity contribution in [1.29, 1.82) is 0 Å². The Hall–Kier alpha value is -1.93. The van der Waals surface area contributed by atoms with Gasteiger partial charge >= 0.3 is 0 Å². The summed E-state index contributed by atoms with van der Waals surface area (Å²) in [6.07, 6.45) is 1.46. The summed E-state index contributed by atoms with van der Waals surface area (Å²) >= 11 is 0. The smallest absolute Gasteiger partial charge is 0.279 e. The van der Waals surface area contributed by atoms with E-state index in [0.29, 0.717) is 12.1 Å². The molecule has 1 aromatic heterocycles. The minimum atomic E-state index is -3.77. The molecule has 0 unspecified atom stereocenters. The molecule has 0 spiro atoms. The van der Waals surface area contributed by atoms with E-state index in [0.717, 1.165) is 6.54 Å². The summed E-state index contributed by atoms with van der Waals surface area (Å²) in [7, 11) is -3.77. The van der Waals surface area contributed by atoms with Gasteiger partial charge in [0.2, 0.25) is 0 Å². The first-order chi connectivity index (χ1) is 9.53. The van der Waals surface area contributed by atoms with Gasteiger partial charge < -0.3 is 5.32 Å². The van der Waals surface area contributed by atoms with Gasteiger partial charge in [0.05, 0.1) is 6.20 Å². The van der Waals surface area contributed by atoms with Gasteiger partial charge in [0.25, 0.3) is 10.0 Å². The van der Waals surface area contributed by atoms with Gasteiger partial charge in [-0.3, -0.25) is 9.82 Å². The molecule has 0 aliphatic carbocycles. The minimum Gasteiger partial charge on any atom is -0.313 e. The quantitative estimate of drug-likeness (QED) is 0.753. The number of halogens is 1. The van der Waals surface area contributed by atoms with Crippen molar-refractivity contribution in [3.8, 4) is 0 Å². The lowest BCUT2D eigenvalue weighted by Crippen LogP contribution is -2.18. The molecule has 0 radical (unpaired) electrons. The molecule has 0 aliphatic heterocycles. The van der Waals surface area contributed by atoms with E-state index in [4.69, 9.17) is 0 Å². The van der Waals surface area contributed by atoms with Gasteiger partial charge in [0, 0.05) is 17.8 Å². The van der Waals surface area contributed by atoms with E-state index in [1.807, 2.05) is 6.92 Å². The SMILES string of the molecule is CCNCc1cn[nH]c1S(=O)(=O)Nc1ccc(F)cc1. The molecule has 2 aromatic rings. The van der Waals surface area contributed by atoms with Crippen LogP contribution in [0.5, 0.6) is 0 Å². The summed E-state index contributed by atoms with van der Waals surface area (Å²) in [5, 5.41) is 9.26. The molecule has 0 bridgehead atoms. The second-order valence-corrected chi connectivity index (χ2v) is 5.74. The second-order valence-electron chi connectivity index (χ2n) is 4.12. The number of rotatable bonds is 6. The fraction of sp³-hybridized carbons (Fsp3) is 0.250. The number of hydrogen-bond acceptors (Lipinski definition) is 4. The van der Waals surface area contributed by atoms with Crippen molar-refractivity contribution in [3.63, 3.8) is 0 Å². The molecule has 0 atom stereocenters. The van der Waals surface area contributed by atoms with Crippen LogP contribution in [0.3, 0.4) is 0 Å². The van der Waals surface area contributed by atoms with Crippen LogP contribution < -0.4 is 10.0 Å². The first kappa shape index (κ1) is 14.5. The number of benzene rings is 1. The summed E-state index contributed by atoms with van der Waals surface area (Å²) in [5.74, 6) is -0.428. The number of anilines is 1. The number of sulfonamides is 1. The van der Waals surface area contributed by atoms with Gasteiger partial charge in [-0.1, -0.05) is 6.92 Å². The third-order valence-electron chi connectivity index (χ3n) is 2.61. The highest BCUT2D eigenvalue weighted by Crippen LogP contribution is 2.17. The third kappa shape index (κ3) is 3.34. The summed E-state index contributed by atoms with van der Waals surface area (Å²) in [6, 6.07) is 5.08. The number of aromatic amines is 1. The molecule has 0 saturated heterocycles. The van der Waals surface area contributed by atoms with Crippen molar-refractivity contribution >= 4 is 15.7 Å². The van der Waals surface area contributed by atoms with Crippen LogP contribution in [0, 0.1) is 5.82 Å². The topological polar surface area (TPSA) is 86.9 Å². The van der Waals surface area contributed by atoms with E-state index in [9.17, 15) is 12.8 Å². The van der Waals surface area contributed by atoms with Crippen molar-refractivity contribution in [2.75, 3.05) is 11.3 Å². The standard InChI is InChI=1S/C12H15FN4O2S/c1-2-14-7-9-8-15-16-12(9)20(18,19)17-11-5-3-10(13)4-6-11/h3-6,8,14,17H,2,7H2,1H3,(H,15,16). The summed E-state index contributed by atoms with van der Waals surface area (Å²) in [4.78, 5) is 0. The van der Waals surface area contributed by atoms with Crippen molar-refractivity contribution < 1.29 is 12.8 Å². The maximum atomic E-state index is 12.8. The number of H-pyrrole nitrogens is 1. The zero-order valence-electron chi connectivity index (χ0n) is 10.9. The Morgan fingerprint density at radius 2 is 2.00 bits per heavy atom. The van der Waals surface area contributed by atoms with Crippen molar-refractivity contribution in [3.05, 3.63) is 41.8 Å². The van der Waals surface area contributed by atoms with Gasteiger partial charge in [-0.2, -0.15) is 13.5 Å². The molecule has 6 nitrogen and oxygen atoms in total. The summed E-state index contributed by atoms with van der Waals surface area (Å²) < 4.78 is 39.6. The Morgan fingerprint density at radius 3 is 2.65 bits per heavy atom. The molecule has 2 rings (SSSR count). The average Bonchev–Trinajstić information content (AvgIpc) is 2.88. The van der Waals surface area contributed by atoms with Gasteiger partial charge in [-0.15, -0.1) is 0 Å². The first-order valence-corrected chi connectivity index (χ1v) is 7.52. The zero-order valence-corrected chi connectivity index (χ0v) is 11.7. The maximum absolute atomic E-state index is 12.8. The van der Waals surface area contributed by atoms with Crippen LogP contribution in [-0.4, -0.2) is 25.2 Å². The fourth-order valence-corrected chi connectivity index (χ4v) is 2.83. The van der Waals surface area contributed by atoms with Crippen LogP contribution in [0.15, 0.2) is 35.5 Å². The van der Waals surface area contributed by atoms with Gasteiger partial charge in [0.15, 0.2) is 5.03 Å². The highest BCUT2D eigenvalue weighted by molar-refractivity contribution is 7.92. The molecule has 0 saturated carbocycles. The number of nitrogens with one attached hydrogen (secondary N) is 3. The molecular weight excluding hydrogens is 283 g/mol. The lowest BCUT2D eigenvalue weighted by atomic mass is 10.3. The van der Waals surface area contributed by atoms with E-state index in [-0.39, 0.29) is 10.7 Å². The third-order valence-corrected chi connectivity index (χ3v) is 4.00. The maximum Gasteiger partial charge on any atom is 0.279 e. The molecule has 108 valence electrons. The Morgan fingerprint density at radius 1 is 1.30 bits per heavy atom. The van der Waals surface area contributed by atoms with E-state index < -0.39 is 15.8 Å². The van der Waals surface area contributed by atoms with Crippen molar-refractivity contribution in [2.45, 2.75) is 18.5 Å². The van der Waals surface area contributed by atoms with Crippen LogP contribution in [0.25, 0.3) is 0 Å². The van der Waals surface area contributed by atoms with Gasteiger partial charge in [0.1, 0.15) is 5.82 Å². The van der Waals surface area contributed by atoms with Crippen LogP contribution >= 0.6 is 0 Å². The monoisotopic (exact) mass is 298 g/mol. The van der Waals surface area contributed by atoms with Crippen molar-refractivity contribution in [1.82, 2.24) is 15.5 Å². The molecular formula is C12H15FN4O2S.